The van der Waals surface area contributed by atoms with Gasteiger partial charge < -0.3 is 19.8 Å². The van der Waals surface area contributed by atoms with E-state index in [2.05, 4.69) is 39.8 Å². The van der Waals surface area contributed by atoms with Crippen molar-refractivity contribution in [1.29, 1.82) is 0 Å². The first kappa shape index (κ1) is 21.9. The minimum Gasteiger partial charge on any atom is -0.469 e. The van der Waals surface area contributed by atoms with Gasteiger partial charge in [0.2, 0.25) is 0 Å². The SMILES string of the molecule is COCCNC(=NCc1nc(C(C)C)cs1)NCCc1ccco1.I. The van der Waals surface area contributed by atoms with Gasteiger partial charge in [0.15, 0.2) is 5.96 Å². The molecule has 0 bridgehead atoms. The Kier molecular flexibility index (Phi) is 10.7. The highest BCUT2D eigenvalue weighted by Gasteiger charge is 2.06. The number of aromatic nitrogens is 1. The van der Waals surface area contributed by atoms with Crippen LogP contribution in [-0.4, -0.2) is 37.7 Å². The van der Waals surface area contributed by atoms with Crippen LogP contribution in [0.15, 0.2) is 33.2 Å². The fraction of sp³-hybridized carbons (Fsp3) is 0.529. The first-order valence-corrected chi connectivity index (χ1v) is 9.04. The molecule has 0 amide bonds. The zero-order valence-corrected chi connectivity index (χ0v) is 18.1. The van der Waals surface area contributed by atoms with Crippen molar-refractivity contribution in [2.75, 3.05) is 26.8 Å². The minimum absolute atomic E-state index is 0. The summed E-state index contributed by atoms with van der Waals surface area (Å²) in [7, 11) is 1.69. The van der Waals surface area contributed by atoms with E-state index in [9.17, 15) is 0 Å². The Balaban J connectivity index is 0.00000312. The summed E-state index contributed by atoms with van der Waals surface area (Å²) in [6.07, 6.45) is 2.50. The molecule has 2 aromatic rings. The van der Waals surface area contributed by atoms with Crippen molar-refractivity contribution >= 4 is 41.3 Å². The van der Waals surface area contributed by atoms with Crippen molar-refractivity contribution in [3.8, 4) is 0 Å². The van der Waals surface area contributed by atoms with Crippen molar-refractivity contribution in [3.05, 3.63) is 40.2 Å². The van der Waals surface area contributed by atoms with Gasteiger partial charge in [0.05, 0.1) is 25.1 Å². The largest absolute Gasteiger partial charge is 0.469 e. The van der Waals surface area contributed by atoms with Crippen molar-refractivity contribution in [1.82, 2.24) is 15.6 Å². The standard InChI is InChI=1S/C17H26N4O2S.HI/c1-13(2)15-12-24-16(21-15)11-20-17(19-8-10-22-3)18-7-6-14-5-4-9-23-14;/h4-5,9,12-13H,6-8,10-11H2,1-3H3,(H2,18,19,20);1H. The number of guanidine groups is 1. The summed E-state index contributed by atoms with van der Waals surface area (Å²) in [5.41, 5.74) is 1.13. The molecule has 0 aliphatic carbocycles. The van der Waals surface area contributed by atoms with E-state index in [1.807, 2.05) is 12.1 Å². The lowest BCUT2D eigenvalue weighted by atomic mass is 10.2. The highest BCUT2D eigenvalue weighted by molar-refractivity contribution is 14.0. The minimum atomic E-state index is 0. The zero-order valence-electron chi connectivity index (χ0n) is 14.9. The van der Waals surface area contributed by atoms with E-state index < -0.39 is 0 Å². The summed E-state index contributed by atoms with van der Waals surface area (Å²) in [5, 5.41) is 9.71. The highest BCUT2D eigenvalue weighted by atomic mass is 127. The van der Waals surface area contributed by atoms with Crippen LogP contribution in [0.1, 0.15) is 36.2 Å². The normalized spacial score (nSPS) is 11.4. The van der Waals surface area contributed by atoms with Crippen molar-refractivity contribution in [2.45, 2.75) is 32.7 Å². The molecule has 2 rings (SSSR count). The Morgan fingerprint density at radius 3 is 2.80 bits per heavy atom. The van der Waals surface area contributed by atoms with Gasteiger partial charge in [-0.15, -0.1) is 35.3 Å². The number of hydrogen-bond donors (Lipinski definition) is 2. The van der Waals surface area contributed by atoms with Gasteiger partial charge in [-0.1, -0.05) is 13.8 Å². The molecule has 0 fully saturated rings. The van der Waals surface area contributed by atoms with E-state index in [4.69, 9.17) is 9.15 Å². The maximum atomic E-state index is 5.34. The number of thiazole rings is 1. The second kappa shape index (κ2) is 12.3. The number of methoxy groups -OCH3 is 1. The van der Waals surface area contributed by atoms with Crippen LogP contribution in [0.4, 0.5) is 0 Å². The molecule has 6 nitrogen and oxygen atoms in total. The van der Waals surface area contributed by atoms with Crippen molar-refractivity contribution < 1.29 is 9.15 Å². The predicted molar refractivity (Wildman–Crippen MR) is 113 cm³/mol. The molecule has 0 aromatic carbocycles. The van der Waals surface area contributed by atoms with E-state index in [1.54, 1.807) is 24.7 Å². The molecule has 25 heavy (non-hydrogen) atoms. The van der Waals surface area contributed by atoms with Gasteiger partial charge in [-0.25, -0.2) is 9.98 Å². The molecule has 8 heteroatoms. The number of nitrogens with zero attached hydrogens (tertiary/aromatic N) is 2. The average Bonchev–Trinajstić information content (AvgIpc) is 3.24. The van der Waals surface area contributed by atoms with Gasteiger partial charge in [0.25, 0.3) is 0 Å². The third kappa shape index (κ3) is 8.19. The summed E-state index contributed by atoms with van der Waals surface area (Å²) in [5.74, 6) is 2.17. The fourth-order valence-electron chi connectivity index (χ4n) is 2.01. The Hall–Kier alpha value is -1.13. The number of ether oxygens (including phenoxy) is 1. The fourth-order valence-corrected chi connectivity index (χ4v) is 2.89. The molecule has 0 saturated carbocycles. The number of aliphatic imine (C=N–C) groups is 1. The lowest BCUT2D eigenvalue weighted by Gasteiger charge is -2.11. The predicted octanol–water partition coefficient (Wildman–Crippen LogP) is 3.40. The summed E-state index contributed by atoms with van der Waals surface area (Å²) in [6.45, 7) is 6.96. The first-order valence-electron chi connectivity index (χ1n) is 8.17. The van der Waals surface area contributed by atoms with E-state index >= 15 is 0 Å². The monoisotopic (exact) mass is 478 g/mol. The second-order valence-electron chi connectivity index (χ2n) is 5.66. The maximum absolute atomic E-state index is 5.34. The Morgan fingerprint density at radius 2 is 2.16 bits per heavy atom. The molecule has 0 aliphatic heterocycles. The first-order chi connectivity index (χ1) is 11.7. The van der Waals surface area contributed by atoms with Crippen LogP contribution in [0.3, 0.4) is 0 Å². The van der Waals surface area contributed by atoms with Crippen LogP contribution in [0.5, 0.6) is 0 Å². The summed E-state index contributed by atoms with van der Waals surface area (Å²) in [6, 6.07) is 3.87. The van der Waals surface area contributed by atoms with Gasteiger partial charge >= 0.3 is 0 Å². The lowest BCUT2D eigenvalue weighted by molar-refractivity contribution is 0.203. The third-order valence-electron chi connectivity index (χ3n) is 3.38. The van der Waals surface area contributed by atoms with Crippen LogP contribution < -0.4 is 10.6 Å². The Morgan fingerprint density at radius 1 is 1.36 bits per heavy atom. The molecule has 0 spiro atoms. The molecule has 140 valence electrons. The van der Waals surface area contributed by atoms with Crippen molar-refractivity contribution in [3.63, 3.8) is 0 Å². The zero-order chi connectivity index (χ0) is 17.2. The smallest absolute Gasteiger partial charge is 0.191 e. The molecule has 0 saturated heterocycles. The van der Waals surface area contributed by atoms with Gasteiger partial charge in [0.1, 0.15) is 10.8 Å². The third-order valence-corrected chi connectivity index (χ3v) is 4.23. The van der Waals surface area contributed by atoms with Gasteiger partial charge in [-0.2, -0.15) is 0 Å². The molecule has 2 aromatic heterocycles. The molecular weight excluding hydrogens is 451 g/mol. The van der Waals surface area contributed by atoms with Gasteiger partial charge in [-0.3, -0.25) is 0 Å². The lowest BCUT2D eigenvalue weighted by Crippen LogP contribution is -2.40. The summed E-state index contributed by atoms with van der Waals surface area (Å²) >= 11 is 1.66. The van der Waals surface area contributed by atoms with Crippen LogP contribution in [0.2, 0.25) is 0 Å². The van der Waals surface area contributed by atoms with E-state index in [0.29, 0.717) is 25.6 Å². The number of nitrogens with one attached hydrogen (secondary N) is 2. The maximum Gasteiger partial charge on any atom is 0.191 e. The van der Waals surface area contributed by atoms with E-state index in [-0.39, 0.29) is 24.0 Å². The van der Waals surface area contributed by atoms with Gasteiger partial charge in [0, 0.05) is 32.0 Å². The molecule has 0 aliphatic rings. The van der Waals surface area contributed by atoms with E-state index in [0.717, 1.165) is 35.4 Å². The second-order valence-corrected chi connectivity index (χ2v) is 6.60. The molecule has 2 N–H and O–H groups in total. The Bertz CT molecular complexity index is 614. The van der Waals surface area contributed by atoms with Crippen LogP contribution >= 0.6 is 35.3 Å². The average molecular weight is 478 g/mol. The number of halogens is 1. The number of hydrogen-bond acceptors (Lipinski definition) is 5. The molecule has 0 radical (unpaired) electrons. The number of rotatable bonds is 9. The molecule has 0 atom stereocenters. The topological polar surface area (TPSA) is 71.7 Å². The van der Waals surface area contributed by atoms with E-state index in [1.165, 1.54) is 0 Å². The molecule has 0 unspecified atom stereocenters. The summed E-state index contributed by atoms with van der Waals surface area (Å²) in [4.78, 5) is 9.23. The number of furan rings is 1. The van der Waals surface area contributed by atoms with Crippen molar-refractivity contribution in [2.24, 2.45) is 4.99 Å². The van der Waals surface area contributed by atoms with Crippen LogP contribution in [0, 0.1) is 0 Å². The summed E-state index contributed by atoms with van der Waals surface area (Å²) < 4.78 is 10.4. The Labute approximate surface area is 170 Å². The highest BCUT2D eigenvalue weighted by Crippen LogP contribution is 2.18. The molecular formula is C17H27IN4O2S. The molecule has 2 heterocycles. The van der Waals surface area contributed by atoms with Gasteiger partial charge in [-0.05, 0) is 18.1 Å². The quantitative estimate of drug-likeness (QED) is 0.250. The van der Waals surface area contributed by atoms with Crippen LogP contribution in [0.25, 0.3) is 0 Å². The van der Waals surface area contributed by atoms with Crippen LogP contribution in [-0.2, 0) is 17.7 Å².